The number of rotatable bonds is 4. The van der Waals surface area contributed by atoms with Crippen molar-refractivity contribution in [1.29, 1.82) is 0 Å². The predicted molar refractivity (Wildman–Crippen MR) is 59.2 cm³/mol. The van der Waals surface area contributed by atoms with Gasteiger partial charge in [0.2, 0.25) is 0 Å². The van der Waals surface area contributed by atoms with Crippen LogP contribution in [0.4, 0.5) is 10.5 Å². The van der Waals surface area contributed by atoms with Gasteiger partial charge in [-0.3, -0.25) is 10.1 Å². The Morgan fingerprint density at radius 2 is 2.24 bits per heavy atom. The second kappa shape index (κ2) is 5.15. The van der Waals surface area contributed by atoms with E-state index in [2.05, 4.69) is 5.32 Å². The number of hydrogen-bond donors (Lipinski definition) is 2. The lowest BCUT2D eigenvalue weighted by Crippen LogP contribution is -2.24. The van der Waals surface area contributed by atoms with Crippen molar-refractivity contribution in [3.8, 4) is 5.75 Å². The zero-order valence-electron chi connectivity index (χ0n) is 9.34. The van der Waals surface area contributed by atoms with Gasteiger partial charge in [0.1, 0.15) is 5.75 Å². The summed E-state index contributed by atoms with van der Waals surface area (Å²) in [6.45, 7) is 1.58. The van der Waals surface area contributed by atoms with Gasteiger partial charge in [0.25, 0.3) is 5.69 Å². The molecule has 1 rings (SSSR count). The van der Waals surface area contributed by atoms with Crippen LogP contribution in [-0.2, 0) is 0 Å². The highest BCUT2D eigenvalue weighted by Gasteiger charge is 2.17. The van der Waals surface area contributed by atoms with Crippen molar-refractivity contribution in [2.45, 2.75) is 13.0 Å². The summed E-state index contributed by atoms with van der Waals surface area (Å²) in [6, 6.07) is 3.44. The maximum Gasteiger partial charge on any atom is 0.405 e. The maximum atomic E-state index is 10.6. The first-order valence-corrected chi connectivity index (χ1v) is 4.77. The molecule has 17 heavy (non-hydrogen) atoms. The number of carbonyl (C=O) groups is 1. The normalized spacial score (nSPS) is 11.6. The molecular formula is C10H12N2O5. The summed E-state index contributed by atoms with van der Waals surface area (Å²) in [7, 11) is 1.41. The minimum absolute atomic E-state index is 0.111. The first-order valence-electron chi connectivity index (χ1n) is 4.77. The highest BCUT2D eigenvalue weighted by Crippen LogP contribution is 2.28. The van der Waals surface area contributed by atoms with Gasteiger partial charge < -0.3 is 15.2 Å². The third kappa shape index (κ3) is 3.07. The summed E-state index contributed by atoms with van der Waals surface area (Å²) in [5.74, 6) is 0.400. The van der Waals surface area contributed by atoms with Gasteiger partial charge in [-0.25, -0.2) is 4.79 Å². The highest BCUT2D eigenvalue weighted by molar-refractivity contribution is 5.65. The van der Waals surface area contributed by atoms with Crippen LogP contribution in [0.25, 0.3) is 0 Å². The molecule has 0 radical (unpaired) electrons. The third-order valence-electron chi connectivity index (χ3n) is 2.23. The van der Waals surface area contributed by atoms with Gasteiger partial charge in [-0.2, -0.15) is 0 Å². The van der Waals surface area contributed by atoms with Crippen LogP contribution in [0.15, 0.2) is 18.2 Å². The molecule has 0 aliphatic rings. The average molecular weight is 240 g/mol. The molecule has 92 valence electrons. The van der Waals surface area contributed by atoms with Crippen molar-refractivity contribution in [3.63, 3.8) is 0 Å². The third-order valence-corrected chi connectivity index (χ3v) is 2.23. The molecule has 0 spiro atoms. The molecule has 0 bridgehead atoms. The molecule has 2 N–H and O–H groups in total. The Labute approximate surface area is 97.2 Å². The summed E-state index contributed by atoms with van der Waals surface area (Å²) >= 11 is 0. The van der Waals surface area contributed by atoms with Gasteiger partial charge >= 0.3 is 6.09 Å². The van der Waals surface area contributed by atoms with Crippen LogP contribution < -0.4 is 10.1 Å². The van der Waals surface area contributed by atoms with E-state index in [9.17, 15) is 14.9 Å². The van der Waals surface area contributed by atoms with Gasteiger partial charge in [-0.1, -0.05) is 0 Å². The van der Waals surface area contributed by atoms with Gasteiger partial charge in [0.05, 0.1) is 18.1 Å². The zero-order chi connectivity index (χ0) is 13.0. The van der Waals surface area contributed by atoms with Crippen LogP contribution >= 0.6 is 0 Å². The molecule has 1 amide bonds. The molecule has 1 unspecified atom stereocenters. The van der Waals surface area contributed by atoms with Crippen LogP contribution in [0.2, 0.25) is 0 Å². The lowest BCUT2D eigenvalue weighted by Gasteiger charge is -2.15. The highest BCUT2D eigenvalue weighted by atomic mass is 16.6. The van der Waals surface area contributed by atoms with Gasteiger partial charge in [-0.05, 0) is 13.0 Å². The van der Waals surface area contributed by atoms with Crippen LogP contribution in [-0.4, -0.2) is 23.2 Å². The van der Waals surface area contributed by atoms with E-state index in [0.717, 1.165) is 0 Å². The Balaban J connectivity index is 3.13. The molecule has 1 atom stereocenters. The number of nitro groups is 1. The number of ether oxygens (including phenoxy) is 1. The molecule has 0 aromatic heterocycles. The topological polar surface area (TPSA) is 102 Å². The average Bonchev–Trinajstić information content (AvgIpc) is 2.27. The number of nitrogens with one attached hydrogen (secondary N) is 1. The van der Waals surface area contributed by atoms with Gasteiger partial charge in [0.15, 0.2) is 0 Å². The van der Waals surface area contributed by atoms with Crippen molar-refractivity contribution in [3.05, 3.63) is 33.9 Å². The van der Waals surface area contributed by atoms with E-state index in [1.807, 2.05) is 0 Å². The van der Waals surface area contributed by atoms with Crippen LogP contribution in [0, 0.1) is 10.1 Å². The number of carboxylic acid groups (broad SMARTS) is 1. The van der Waals surface area contributed by atoms with Gasteiger partial charge in [-0.15, -0.1) is 0 Å². The first-order chi connectivity index (χ1) is 7.95. The molecule has 7 nitrogen and oxygen atoms in total. The quantitative estimate of drug-likeness (QED) is 0.618. The number of non-ortho nitro benzene ring substituents is 1. The van der Waals surface area contributed by atoms with E-state index >= 15 is 0 Å². The van der Waals surface area contributed by atoms with E-state index in [0.29, 0.717) is 11.3 Å². The number of methoxy groups -OCH3 is 1. The predicted octanol–water partition coefficient (Wildman–Crippen LogP) is 1.93. The van der Waals surface area contributed by atoms with Crippen molar-refractivity contribution < 1.29 is 19.6 Å². The number of nitrogens with zero attached hydrogens (tertiary/aromatic N) is 1. The molecule has 1 aromatic rings. The second-order valence-electron chi connectivity index (χ2n) is 3.35. The summed E-state index contributed by atoms with van der Waals surface area (Å²) < 4.78 is 5.03. The van der Waals surface area contributed by atoms with Gasteiger partial charge in [0, 0.05) is 17.7 Å². The summed E-state index contributed by atoms with van der Waals surface area (Å²) in [6.07, 6.45) is -1.20. The fourth-order valence-corrected chi connectivity index (χ4v) is 1.44. The Hall–Kier alpha value is -2.31. The number of hydrogen-bond acceptors (Lipinski definition) is 4. The molecule has 0 aliphatic heterocycles. The molecule has 0 saturated heterocycles. The standard InChI is InChI=1S/C10H12N2O5/c1-6(11-10(13)14)8-5-7(12(15)16)3-4-9(8)17-2/h3-6,11H,1-2H3,(H,13,14). The first kappa shape index (κ1) is 12.8. The van der Waals surface area contributed by atoms with Crippen molar-refractivity contribution >= 4 is 11.8 Å². The molecule has 0 aliphatic carbocycles. The maximum absolute atomic E-state index is 10.6. The van der Waals surface area contributed by atoms with Crippen molar-refractivity contribution in [1.82, 2.24) is 5.32 Å². The lowest BCUT2D eigenvalue weighted by atomic mass is 10.1. The van der Waals surface area contributed by atoms with E-state index in [1.54, 1.807) is 6.92 Å². The molecule has 1 aromatic carbocycles. The molecule has 0 heterocycles. The largest absolute Gasteiger partial charge is 0.496 e. The fraction of sp³-hybridized carbons (Fsp3) is 0.300. The monoisotopic (exact) mass is 240 g/mol. The zero-order valence-corrected chi connectivity index (χ0v) is 9.34. The van der Waals surface area contributed by atoms with Crippen molar-refractivity contribution in [2.75, 3.05) is 7.11 Å². The minimum Gasteiger partial charge on any atom is -0.496 e. The summed E-state index contributed by atoms with van der Waals surface area (Å²) in [4.78, 5) is 20.6. The van der Waals surface area contributed by atoms with E-state index in [4.69, 9.17) is 9.84 Å². The summed E-state index contributed by atoms with van der Waals surface area (Å²) in [5, 5.41) is 21.4. The Morgan fingerprint density at radius 1 is 1.59 bits per heavy atom. The SMILES string of the molecule is COc1ccc([N+](=O)[O-])cc1C(C)NC(=O)O. The minimum atomic E-state index is -1.20. The number of nitro benzene ring substituents is 1. The number of amides is 1. The van der Waals surface area contributed by atoms with E-state index in [1.165, 1.54) is 25.3 Å². The Kier molecular flexibility index (Phi) is 3.86. The van der Waals surface area contributed by atoms with E-state index < -0.39 is 17.1 Å². The van der Waals surface area contributed by atoms with E-state index in [-0.39, 0.29) is 5.69 Å². The van der Waals surface area contributed by atoms with Crippen LogP contribution in [0.3, 0.4) is 0 Å². The lowest BCUT2D eigenvalue weighted by molar-refractivity contribution is -0.385. The number of benzene rings is 1. The smallest absolute Gasteiger partial charge is 0.405 e. The molecule has 0 saturated carbocycles. The summed E-state index contributed by atoms with van der Waals surface area (Å²) in [5.41, 5.74) is 0.309. The Morgan fingerprint density at radius 3 is 2.71 bits per heavy atom. The van der Waals surface area contributed by atoms with Crippen LogP contribution in [0.5, 0.6) is 5.75 Å². The fourth-order valence-electron chi connectivity index (χ4n) is 1.44. The molecule has 7 heteroatoms. The Bertz CT molecular complexity index is 446. The molecular weight excluding hydrogens is 228 g/mol. The van der Waals surface area contributed by atoms with Crippen molar-refractivity contribution in [2.24, 2.45) is 0 Å². The van der Waals surface area contributed by atoms with Crippen LogP contribution in [0.1, 0.15) is 18.5 Å². The molecule has 0 fully saturated rings. The second-order valence-corrected chi connectivity index (χ2v) is 3.35.